The predicted molar refractivity (Wildman–Crippen MR) is 46.5 cm³/mol. The smallest absolute Gasteiger partial charge is 0.0862 e. The van der Waals surface area contributed by atoms with Gasteiger partial charge in [0.2, 0.25) is 0 Å². The highest BCUT2D eigenvalue weighted by atomic mass is 35.5. The first kappa shape index (κ1) is 8.70. The van der Waals surface area contributed by atoms with E-state index in [0.29, 0.717) is 11.0 Å². The zero-order valence-electron chi connectivity index (χ0n) is 5.54. The summed E-state index contributed by atoms with van der Waals surface area (Å²) in [6, 6.07) is 0. The van der Waals surface area contributed by atoms with Crippen molar-refractivity contribution in [2.45, 2.75) is 25.7 Å². The van der Waals surface area contributed by atoms with Gasteiger partial charge in [0.25, 0.3) is 0 Å². The standard InChI is InChI=1S/C7H9Cl3/c8-6(7(9)10)5-3-1-2-4-5/h5H,1-4H2. The van der Waals surface area contributed by atoms with Crippen molar-refractivity contribution in [2.75, 3.05) is 0 Å². The fourth-order valence-corrected chi connectivity index (χ4v) is 1.86. The molecule has 1 aliphatic rings. The molecule has 0 aromatic carbocycles. The van der Waals surface area contributed by atoms with Crippen LogP contribution in [0, 0.1) is 5.92 Å². The zero-order chi connectivity index (χ0) is 7.56. The van der Waals surface area contributed by atoms with E-state index >= 15 is 0 Å². The second-order valence-electron chi connectivity index (χ2n) is 2.59. The van der Waals surface area contributed by atoms with Crippen LogP contribution >= 0.6 is 34.8 Å². The molecule has 0 spiro atoms. The van der Waals surface area contributed by atoms with Crippen molar-refractivity contribution >= 4 is 34.8 Å². The Balaban J connectivity index is 2.56. The van der Waals surface area contributed by atoms with Crippen molar-refractivity contribution in [2.24, 2.45) is 5.92 Å². The second-order valence-corrected chi connectivity index (χ2v) is 3.95. The van der Waals surface area contributed by atoms with Crippen LogP contribution in [-0.2, 0) is 0 Å². The zero-order valence-corrected chi connectivity index (χ0v) is 7.81. The molecule has 3 heteroatoms. The molecular formula is C7H9Cl3. The third kappa shape index (κ3) is 2.05. The summed E-state index contributed by atoms with van der Waals surface area (Å²) in [7, 11) is 0. The molecule has 1 saturated carbocycles. The average molecular weight is 200 g/mol. The molecule has 0 nitrogen and oxygen atoms in total. The van der Waals surface area contributed by atoms with Gasteiger partial charge >= 0.3 is 0 Å². The average Bonchev–Trinajstić information content (AvgIpc) is 2.36. The van der Waals surface area contributed by atoms with Gasteiger partial charge in [-0.15, -0.1) is 0 Å². The van der Waals surface area contributed by atoms with Crippen molar-refractivity contribution in [3.8, 4) is 0 Å². The maximum absolute atomic E-state index is 5.84. The minimum Gasteiger partial charge on any atom is -0.0862 e. The Morgan fingerprint density at radius 2 is 1.50 bits per heavy atom. The fraction of sp³-hybridized carbons (Fsp3) is 0.714. The lowest BCUT2D eigenvalue weighted by molar-refractivity contribution is 0.672. The van der Waals surface area contributed by atoms with Gasteiger partial charge in [0.1, 0.15) is 4.49 Å². The maximum atomic E-state index is 5.84. The van der Waals surface area contributed by atoms with Gasteiger partial charge in [-0.25, -0.2) is 0 Å². The fourth-order valence-electron chi connectivity index (χ4n) is 1.33. The van der Waals surface area contributed by atoms with Crippen LogP contribution in [0.4, 0.5) is 0 Å². The van der Waals surface area contributed by atoms with Gasteiger partial charge in [0.05, 0.1) is 5.03 Å². The van der Waals surface area contributed by atoms with Crippen LogP contribution < -0.4 is 0 Å². The van der Waals surface area contributed by atoms with Crippen LogP contribution in [0.3, 0.4) is 0 Å². The molecule has 0 aliphatic heterocycles. The number of hydrogen-bond donors (Lipinski definition) is 0. The Bertz CT molecular complexity index is 141. The van der Waals surface area contributed by atoms with E-state index in [2.05, 4.69) is 0 Å². The quantitative estimate of drug-likeness (QED) is 0.597. The SMILES string of the molecule is ClC(Cl)=C(Cl)C1CCCC1. The first-order valence-corrected chi connectivity index (χ1v) is 4.56. The van der Waals surface area contributed by atoms with Gasteiger partial charge in [0.15, 0.2) is 0 Å². The van der Waals surface area contributed by atoms with Crippen molar-refractivity contribution in [3.63, 3.8) is 0 Å². The second kappa shape index (κ2) is 3.85. The first-order valence-electron chi connectivity index (χ1n) is 3.42. The van der Waals surface area contributed by atoms with Gasteiger partial charge in [-0.05, 0) is 18.8 Å². The van der Waals surface area contributed by atoms with Gasteiger partial charge in [-0.2, -0.15) is 0 Å². The van der Waals surface area contributed by atoms with Gasteiger partial charge in [0, 0.05) is 0 Å². The minimum atomic E-state index is 0.244. The van der Waals surface area contributed by atoms with E-state index in [0.717, 1.165) is 12.8 Å². The minimum absolute atomic E-state index is 0.244. The summed E-state index contributed by atoms with van der Waals surface area (Å²) in [6.45, 7) is 0. The normalized spacial score (nSPS) is 19.5. The molecule has 1 aliphatic carbocycles. The Kier molecular flexibility index (Phi) is 3.35. The number of hydrogen-bond acceptors (Lipinski definition) is 0. The highest BCUT2D eigenvalue weighted by Gasteiger charge is 2.19. The monoisotopic (exact) mass is 198 g/mol. The topological polar surface area (TPSA) is 0 Å². The number of rotatable bonds is 1. The van der Waals surface area contributed by atoms with Gasteiger partial charge in [-0.1, -0.05) is 47.6 Å². The molecule has 1 rings (SSSR count). The number of halogens is 3. The Hall–Kier alpha value is 0.610. The van der Waals surface area contributed by atoms with E-state index in [4.69, 9.17) is 34.8 Å². The lowest BCUT2D eigenvalue weighted by Gasteiger charge is -2.05. The molecule has 0 aromatic heterocycles. The molecule has 0 unspecified atom stereocenters. The van der Waals surface area contributed by atoms with E-state index in [1.165, 1.54) is 12.8 Å². The molecule has 1 fully saturated rings. The first-order chi connectivity index (χ1) is 4.72. The third-order valence-corrected chi connectivity index (χ3v) is 2.99. The highest BCUT2D eigenvalue weighted by Crippen LogP contribution is 2.36. The van der Waals surface area contributed by atoms with Crippen LogP contribution in [-0.4, -0.2) is 0 Å². The predicted octanol–water partition coefficient (Wildman–Crippen LogP) is 4.06. The molecule has 0 saturated heterocycles. The summed E-state index contributed by atoms with van der Waals surface area (Å²) in [6.07, 6.45) is 4.79. The van der Waals surface area contributed by atoms with Crippen molar-refractivity contribution in [1.29, 1.82) is 0 Å². The lowest BCUT2D eigenvalue weighted by Crippen LogP contribution is -1.92. The Morgan fingerprint density at radius 1 is 1.00 bits per heavy atom. The molecule has 0 heterocycles. The van der Waals surface area contributed by atoms with Crippen LogP contribution in [0.2, 0.25) is 0 Å². The highest BCUT2D eigenvalue weighted by molar-refractivity contribution is 6.59. The lowest BCUT2D eigenvalue weighted by atomic mass is 10.1. The molecule has 0 aromatic rings. The molecule has 0 N–H and O–H groups in total. The Labute approximate surface area is 76.1 Å². The molecule has 0 radical (unpaired) electrons. The third-order valence-electron chi connectivity index (χ3n) is 1.89. The van der Waals surface area contributed by atoms with E-state index in [1.807, 2.05) is 0 Å². The van der Waals surface area contributed by atoms with Crippen molar-refractivity contribution in [3.05, 3.63) is 9.52 Å². The summed E-state index contributed by atoms with van der Waals surface area (Å²) in [5.41, 5.74) is 0. The van der Waals surface area contributed by atoms with E-state index < -0.39 is 0 Å². The summed E-state index contributed by atoms with van der Waals surface area (Å²) in [5.74, 6) is 0.437. The van der Waals surface area contributed by atoms with Crippen molar-refractivity contribution in [1.82, 2.24) is 0 Å². The summed E-state index contributed by atoms with van der Waals surface area (Å²) >= 11 is 16.9. The molecule has 0 bridgehead atoms. The molecule has 58 valence electrons. The van der Waals surface area contributed by atoms with Crippen LogP contribution in [0.5, 0.6) is 0 Å². The van der Waals surface area contributed by atoms with Crippen molar-refractivity contribution < 1.29 is 0 Å². The van der Waals surface area contributed by atoms with Gasteiger partial charge in [-0.3, -0.25) is 0 Å². The van der Waals surface area contributed by atoms with E-state index in [1.54, 1.807) is 0 Å². The van der Waals surface area contributed by atoms with Crippen LogP contribution in [0.15, 0.2) is 9.52 Å². The number of allylic oxidation sites excluding steroid dienone is 1. The van der Waals surface area contributed by atoms with E-state index in [9.17, 15) is 0 Å². The summed E-state index contributed by atoms with van der Waals surface area (Å²) in [5, 5.41) is 0.654. The van der Waals surface area contributed by atoms with Crippen LogP contribution in [0.25, 0.3) is 0 Å². The summed E-state index contributed by atoms with van der Waals surface area (Å²) < 4.78 is 0.244. The largest absolute Gasteiger partial charge is 0.121 e. The maximum Gasteiger partial charge on any atom is 0.121 e. The molecule has 10 heavy (non-hydrogen) atoms. The van der Waals surface area contributed by atoms with E-state index in [-0.39, 0.29) is 4.49 Å². The Morgan fingerprint density at radius 3 is 1.90 bits per heavy atom. The molecule has 0 atom stereocenters. The van der Waals surface area contributed by atoms with Crippen LogP contribution in [0.1, 0.15) is 25.7 Å². The van der Waals surface area contributed by atoms with Gasteiger partial charge < -0.3 is 0 Å². The summed E-state index contributed by atoms with van der Waals surface area (Å²) in [4.78, 5) is 0. The molecular weight excluding hydrogens is 190 g/mol. The molecule has 0 amide bonds.